The van der Waals surface area contributed by atoms with Gasteiger partial charge in [0.15, 0.2) is 8.32 Å². The van der Waals surface area contributed by atoms with Gasteiger partial charge in [-0.05, 0) is 49.0 Å². The van der Waals surface area contributed by atoms with Crippen molar-refractivity contribution in [2.24, 2.45) is 0 Å². The summed E-state index contributed by atoms with van der Waals surface area (Å²) in [6.45, 7) is 19.6. The molecule has 0 unspecified atom stereocenters. The van der Waals surface area contributed by atoms with Crippen molar-refractivity contribution in [3.63, 3.8) is 0 Å². The van der Waals surface area contributed by atoms with Crippen LogP contribution in [0, 0.1) is 0 Å². The standard InChI is InChI=1S/C22H39N3O2Si/c1-15(2)27-19-10-11-20-21(14-19)25(22(23)24-20)12-9-13-26-28(16(3)4,17(5)6)18(7)8/h10-11,14-18H,9,12-13H2,1-8H3,(H2,23,24). The third kappa shape index (κ3) is 4.71. The lowest BCUT2D eigenvalue weighted by Crippen LogP contribution is -2.48. The predicted molar refractivity (Wildman–Crippen MR) is 122 cm³/mol. The Hall–Kier alpha value is -1.53. The molecule has 0 aliphatic heterocycles. The number of nitrogens with zero attached hydrogens (tertiary/aromatic N) is 2. The van der Waals surface area contributed by atoms with E-state index in [0.717, 1.165) is 36.4 Å². The Labute approximate surface area is 171 Å². The van der Waals surface area contributed by atoms with Crippen molar-refractivity contribution in [1.82, 2.24) is 9.55 Å². The van der Waals surface area contributed by atoms with Crippen molar-refractivity contribution in [2.45, 2.75) is 91.1 Å². The maximum Gasteiger partial charge on any atom is 0.201 e. The van der Waals surface area contributed by atoms with E-state index >= 15 is 0 Å². The molecule has 0 aliphatic rings. The Morgan fingerprint density at radius 3 is 2.14 bits per heavy atom. The molecule has 2 rings (SSSR count). The number of aryl methyl sites for hydroxylation is 1. The molecular formula is C22H39N3O2Si. The fourth-order valence-electron chi connectivity index (χ4n) is 4.67. The van der Waals surface area contributed by atoms with Gasteiger partial charge in [0.05, 0.1) is 17.1 Å². The van der Waals surface area contributed by atoms with Crippen LogP contribution in [0.5, 0.6) is 5.75 Å². The Morgan fingerprint density at radius 1 is 1.00 bits per heavy atom. The van der Waals surface area contributed by atoms with E-state index in [1.165, 1.54) is 0 Å². The van der Waals surface area contributed by atoms with Gasteiger partial charge in [-0.25, -0.2) is 4.98 Å². The molecule has 0 amide bonds. The summed E-state index contributed by atoms with van der Waals surface area (Å²) in [4.78, 5) is 4.50. The summed E-state index contributed by atoms with van der Waals surface area (Å²) >= 11 is 0. The van der Waals surface area contributed by atoms with E-state index < -0.39 is 8.32 Å². The average molecular weight is 406 g/mol. The summed E-state index contributed by atoms with van der Waals surface area (Å²) in [5.41, 5.74) is 9.93. The van der Waals surface area contributed by atoms with E-state index in [4.69, 9.17) is 14.9 Å². The average Bonchev–Trinajstić information content (AvgIpc) is 2.88. The van der Waals surface area contributed by atoms with Gasteiger partial charge in [-0.15, -0.1) is 0 Å². The number of benzene rings is 1. The smallest absolute Gasteiger partial charge is 0.201 e. The molecule has 0 saturated heterocycles. The van der Waals surface area contributed by atoms with Crippen LogP contribution >= 0.6 is 0 Å². The molecule has 0 bridgehead atoms. The first kappa shape index (κ1) is 22.8. The first-order valence-electron chi connectivity index (χ1n) is 10.7. The van der Waals surface area contributed by atoms with Gasteiger partial charge in [0.1, 0.15) is 5.75 Å². The molecule has 2 N–H and O–H groups in total. The fraction of sp³-hybridized carbons (Fsp3) is 0.682. The van der Waals surface area contributed by atoms with Crippen LogP contribution in [0.1, 0.15) is 61.8 Å². The monoisotopic (exact) mass is 405 g/mol. The lowest BCUT2D eigenvalue weighted by Gasteiger charge is -2.42. The van der Waals surface area contributed by atoms with Crippen molar-refractivity contribution < 1.29 is 9.16 Å². The van der Waals surface area contributed by atoms with Gasteiger partial charge in [0.2, 0.25) is 5.95 Å². The second kappa shape index (κ2) is 9.31. The van der Waals surface area contributed by atoms with Crippen LogP contribution in [0.3, 0.4) is 0 Å². The molecule has 5 nitrogen and oxygen atoms in total. The van der Waals surface area contributed by atoms with Gasteiger partial charge < -0.3 is 19.5 Å². The summed E-state index contributed by atoms with van der Waals surface area (Å²) in [6, 6.07) is 5.97. The van der Waals surface area contributed by atoms with Crippen LogP contribution in [-0.2, 0) is 11.0 Å². The van der Waals surface area contributed by atoms with E-state index in [0.29, 0.717) is 22.6 Å². The Morgan fingerprint density at radius 2 is 1.61 bits per heavy atom. The van der Waals surface area contributed by atoms with Crippen molar-refractivity contribution in [2.75, 3.05) is 12.3 Å². The number of ether oxygens (including phenoxy) is 1. The minimum Gasteiger partial charge on any atom is -0.491 e. The molecule has 0 radical (unpaired) electrons. The molecule has 0 spiro atoms. The number of hydrogen-bond donors (Lipinski definition) is 1. The summed E-state index contributed by atoms with van der Waals surface area (Å²) in [7, 11) is -1.82. The quantitative estimate of drug-likeness (QED) is 0.390. The highest BCUT2D eigenvalue weighted by atomic mass is 28.4. The fourth-order valence-corrected chi connectivity index (χ4v) is 10.2. The van der Waals surface area contributed by atoms with Crippen LogP contribution in [-0.4, -0.2) is 30.6 Å². The molecule has 1 heterocycles. The molecule has 28 heavy (non-hydrogen) atoms. The number of rotatable bonds is 10. The highest BCUT2D eigenvalue weighted by Gasteiger charge is 2.44. The van der Waals surface area contributed by atoms with Crippen molar-refractivity contribution in [3.05, 3.63) is 18.2 Å². The second-order valence-corrected chi connectivity index (χ2v) is 14.4. The largest absolute Gasteiger partial charge is 0.491 e. The number of fused-ring (bicyclic) bond motifs is 1. The molecule has 0 atom stereocenters. The van der Waals surface area contributed by atoms with Gasteiger partial charge in [-0.3, -0.25) is 0 Å². The Balaban J connectivity index is 2.12. The number of nitrogens with two attached hydrogens (primary N) is 1. The molecule has 1 aromatic heterocycles. The first-order valence-corrected chi connectivity index (χ1v) is 12.8. The lowest BCUT2D eigenvalue weighted by molar-refractivity contribution is 0.242. The Bertz CT molecular complexity index is 747. The normalized spacial score (nSPS) is 12.9. The lowest BCUT2D eigenvalue weighted by atomic mass is 10.3. The highest BCUT2D eigenvalue weighted by Crippen LogP contribution is 2.42. The van der Waals surface area contributed by atoms with E-state index in [1.807, 2.05) is 32.0 Å². The zero-order valence-corrected chi connectivity index (χ0v) is 20.0. The number of aromatic nitrogens is 2. The summed E-state index contributed by atoms with van der Waals surface area (Å²) in [5, 5.41) is 0. The molecular weight excluding hydrogens is 366 g/mol. The minimum absolute atomic E-state index is 0.140. The van der Waals surface area contributed by atoms with Crippen LogP contribution in [0.4, 0.5) is 5.95 Å². The van der Waals surface area contributed by atoms with Crippen LogP contribution in [0.15, 0.2) is 18.2 Å². The molecule has 0 saturated carbocycles. The van der Waals surface area contributed by atoms with Gasteiger partial charge in [0.25, 0.3) is 0 Å². The molecule has 1 aromatic carbocycles. The summed E-state index contributed by atoms with van der Waals surface area (Å²) < 4.78 is 14.6. The third-order valence-corrected chi connectivity index (χ3v) is 11.8. The van der Waals surface area contributed by atoms with Crippen molar-refractivity contribution >= 4 is 25.3 Å². The molecule has 6 heteroatoms. The first-order chi connectivity index (χ1) is 13.1. The maximum atomic E-state index is 6.68. The summed E-state index contributed by atoms with van der Waals surface area (Å²) in [6.07, 6.45) is 1.06. The third-order valence-electron chi connectivity index (χ3n) is 5.71. The summed E-state index contributed by atoms with van der Waals surface area (Å²) in [5.74, 6) is 1.41. The van der Waals surface area contributed by atoms with E-state index in [-0.39, 0.29) is 6.10 Å². The van der Waals surface area contributed by atoms with Crippen LogP contribution in [0.2, 0.25) is 16.6 Å². The molecule has 0 fully saturated rings. The topological polar surface area (TPSA) is 62.3 Å². The van der Waals surface area contributed by atoms with Crippen LogP contribution in [0.25, 0.3) is 11.0 Å². The minimum atomic E-state index is -1.82. The van der Waals surface area contributed by atoms with Gasteiger partial charge in [-0.2, -0.15) is 0 Å². The van der Waals surface area contributed by atoms with E-state index in [1.54, 1.807) is 0 Å². The molecule has 0 aliphatic carbocycles. The molecule has 158 valence electrons. The maximum absolute atomic E-state index is 6.68. The Kier molecular flexibility index (Phi) is 7.57. The SMILES string of the molecule is CC(C)Oc1ccc2nc(N)n(CCCO[Si](C(C)C)(C(C)C)C(C)C)c2c1. The van der Waals surface area contributed by atoms with Gasteiger partial charge in [0, 0.05) is 19.2 Å². The van der Waals surface area contributed by atoms with E-state index in [2.05, 4.69) is 51.1 Å². The predicted octanol–water partition coefficient (Wildman–Crippen LogP) is 5.99. The molecule has 2 aromatic rings. The van der Waals surface area contributed by atoms with Crippen LogP contribution < -0.4 is 10.5 Å². The number of anilines is 1. The van der Waals surface area contributed by atoms with Crippen molar-refractivity contribution in [1.29, 1.82) is 0 Å². The second-order valence-electron chi connectivity index (χ2n) is 8.96. The van der Waals surface area contributed by atoms with Gasteiger partial charge in [-0.1, -0.05) is 41.5 Å². The highest BCUT2D eigenvalue weighted by molar-refractivity contribution is 6.77. The number of hydrogen-bond acceptors (Lipinski definition) is 4. The van der Waals surface area contributed by atoms with Crippen molar-refractivity contribution in [3.8, 4) is 5.75 Å². The number of imidazole rings is 1. The zero-order valence-electron chi connectivity index (χ0n) is 19.0. The van der Waals surface area contributed by atoms with Gasteiger partial charge >= 0.3 is 0 Å². The zero-order chi connectivity index (χ0) is 21.1. The van der Waals surface area contributed by atoms with E-state index in [9.17, 15) is 0 Å². The number of nitrogen functional groups attached to an aromatic ring is 1.